The summed E-state index contributed by atoms with van der Waals surface area (Å²) in [4.78, 5) is 19.2. The Balaban J connectivity index is 1.85. The summed E-state index contributed by atoms with van der Waals surface area (Å²) in [5.74, 6) is 0.0407. The van der Waals surface area contributed by atoms with Gasteiger partial charge in [-0.1, -0.05) is 30.3 Å². The summed E-state index contributed by atoms with van der Waals surface area (Å²) in [6.07, 6.45) is 3.19. The van der Waals surface area contributed by atoms with Gasteiger partial charge in [0, 0.05) is 43.4 Å². The molecule has 4 nitrogen and oxygen atoms in total. The zero-order valence-electron chi connectivity index (χ0n) is 14.2. The molecule has 2 aromatic rings. The second kappa shape index (κ2) is 7.41. The minimum Gasteiger partial charge on any atom is -0.351 e. The van der Waals surface area contributed by atoms with E-state index >= 15 is 0 Å². The predicted octanol–water partition coefficient (Wildman–Crippen LogP) is 2.31. The average Bonchev–Trinajstić information content (AvgIpc) is 2.94. The number of rotatable bonds is 6. The van der Waals surface area contributed by atoms with Crippen molar-refractivity contribution in [1.29, 1.82) is 0 Å². The number of hydrogen-bond donors (Lipinski definition) is 1. The Morgan fingerprint density at radius 3 is 2.71 bits per heavy atom. The van der Waals surface area contributed by atoms with Crippen molar-refractivity contribution in [2.24, 2.45) is 0 Å². The van der Waals surface area contributed by atoms with Crippen LogP contribution in [0.4, 0.5) is 0 Å². The first-order valence-corrected chi connectivity index (χ1v) is 8.28. The van der Waals surface area contributed by atoms with Crippen LogP contribution in [0, 0.1) is 0 Å². The molecule has 0 spiro atoms. The Kier molecular flexibility index (Phi) is 5.06. The van der Waals surface area contributed by atoms with E-state index in [1.807, 2.05) is 44.4 Å². The molecule has 0 bridgehead atoms. The third kappa shape index (κ3) is 3.71. The number of carbonyl (C=O) groups excluding carboxylic acids is 1. The van der Waals surface area contributed by atoms with Gasteiger partial charge in [-0.2, -0.15) is 0 Å². The fourth-order valence-corrected chi connectivity index (χ4v) is 3.03. The highest BCUT2D eigenvalue weighted by Crippen LogP contribution is 2.34. The van der Waals surface area contributed by atoms with Crippen LogP contribution in [0.25, 0.3) is 5.57 Å². The summed E-state index contributed by atoms with van der Waals surface area (Å²) in [7, 11) is 4.01. The minimum absolute atomic E-state index is 0.0407. The first kappa shape index (κ1) is 16.4. The lowest BCUT2D eigenvalue weighted by atomic mass is 10.00. The van der Waals surface area contributed by atoms with Crippen molar-refractivity contribution in [3.8, 4) is 0 Å². The summed E-state index contributed by atoms with van der Waals surface area (Å²) in [6, 6.07) is 14.2. The third-order valence-corrected chi connectivity index (χ3v) is 4.28. The molecule has 0 saturated carbocycles. The molecular formula is C20H23N3O. The zero-order valence-corrected chi connectivity index (χ0v) is 14.2. The molecule has 24 heavy (non-hydrogen) atoms. The Bertz CT molecular complexity index is 750. The quantitative estimate of drug-likeness (QED) is 0.888. The number of hydrogen-bond acceptors (Lipinski definition) is 3. The molecule has 1 heterocycles. The van der Waals surface area contributed by atoms with Gasteiger partial charge in [0.15, 0.2) is 0 Å². The number of nitrogens with one attached hydrogen (secondary N) is 1. The van der Waals surface area contributed by atoms with Gasteiger partial charge in [0.05, 0.1) is 0 Å². The summed E-state index contributed by atoms with van der Waals surface area (Å²) in [5, 5.41) is 3.05. The van der Waals surface area contributed by atoms with Crippen molar-refractivity contribution in [3.05, 3.63) is 71.1 Å². The fraction of sp³-hybridized carbons (Fsp3) is 0.300. The van der Waals surface area contributed by atoms with Gasteiger partial charge in [-0.25, -0.2) is 0 Å². The highest BCUT2D eigenvalue weighted by molar-refractivity contribution is 6.04. The van der Waals surface area contributed by atoms with Crippen LogP contribution < -0.4 is 5.32 Å². The van der Waals surface area contributed by atoms with Crippen LogP contribution in [-0.2, 0) is 17.6 Å². The van der Waals surface area contributed by atoms with E-state index in [9.17, 15) is 4.79 Å². The maximum Gasteiger partial charge on any atom is 0.247 e. The van der Waals surface area contributed by atoms with Crippen LogP contribution in [0.3, 0.4) is 0 Å². The van der Waals surface area contributed by atoms with Gasteiger partial charge >= 0.3 is 0 Å². The second-order valence-corrected chi connectivity index (χ2v) is 6.35. The summed E-state index contributed by atoms with van der Waals surface area (Å²) in [6.45, 7) is 1.49. The molecule has 1 N–H and O–H groups in total. The highest BCUT2D eigenvalue weighted by Gasteiger charge is 2.25. The van der Waals surface area contributed by atoms with Gasteiger partial charge in [0.2, 0.25) is 5.91 Å². The lowest BCUT2D eigenvalue weighted by Gasteiger charge is -2.12. The number of aromatic nitrogens is 1. The van der Waals surface area contributed by atoms with Gasteiger partial charge in [-0.3, -0.25) is 9.78 Å². The number of allylic oxidation sites excluding steroid dienone is 1. The molecule has 1 aromatic heterocycles. The third-order valence-electron chi connectivity index (χ3n) is 4.28. The van der Waals surface area contributed by atoms with Gasteiger partial charge in [-0.05, 0) is 42.9 Å². The minimum atomic E-state index is 0.0407. The van der Waals surface area contributed by atoms with E-state index in [4.69, 9.17) is 0 Å². The van der Waals surface area contributed by atoms with Gasteiger partial charge in [0.25, 0.3) is 0 Å². The summed E-state index contributed by atoms with van der Waals surface area (Å²) >= 11 is 0. The lowest BCUT2D eigenvalue weighted by molar-refractivity contribution is -0.117. The molecule has 3 rings (SSSR count). The maximum absolute atomic E-state index is 12.7. The van der Waals surface area contributed by atoms with Crippen LogP contribution in [0.15, 0.2) is 54.2 Å². The van der Waals surface area contributed by atoms with Crippen LogP contribution >= 0.6 is 0 Å². The van der Waals surface area contributed by atoms with E-state index in [1.165, 1.54) is 11.1 Å². The first-order chi connectivity index (χ1) is 11.6. The molecule has 0 atom stereocenters. The maximum atomic E-state index is 12.7. The monoisotopic (exact) mass is 321 g/mol. The summed E-state index contributed by atoms with van der Waals surface area (Å²) in [5.41, 5.74) is 5.37. The fourth-order valence-electron chi connectivity index (χ4n) is 3.03. The Morgan fingerprint density at radius 2 is 1.96 bits per heavy atom. The molecule has 0 fully saturated rings. The van der Waals surface area contributed by atoms with Crippen molar-refractivity contribution in [2.45, 2.75) is 12.8 Å². The van der Waals surface area contributed by atoms with E-state index in [2.05, 4.69) is 27.3 Å². The smallest absolute Gasteiger partial charge is 0.247 e. The number of amides is 1. The standard InChI is InChI=1S/C20H23N3O/c1-23(2)12-11-22-20(24)19-13-15-7-3-4-9-17(15)18(19)14-16-8-5-6-10-21-16/h3-10H,11-14H2,1-2H3,(H,22,24). The molecule has 1 aromatic carbocycles. The number of pyridine rings is 1. The molecule has 1 aliphatic rings. The first-order valence-electron chi connectivity index (χ1n) is 8.28. The molecule has 1 aliphatic carbocycles. The lowest BCUT2D eigenvalue weighted by Crippen LogP contribution is -2.32. The second-order valence-electron chi connectivity index (χ2n) is 6.35. The van der Waals surface area contributed by atoms with E-state index in [0.29, 0.717) is 19.4 Å². The van der Waals surface area contributed by atoms with Crippen LogP contribution in [0.5, 0.6) is 0 Å². The van der Waals surface area contributed by atoms with E-state index < -0.39 is 0 Å². The predicted molar refractivity (Wildman–Crippen MR) is 96.6 cm³/mol. The number of likely N-dealkylation sites (N-methyl/N-ethyl adjacent to an activating group) is 1. The average molecular weight is 321 g/mol. The van der Waals surface area contributed by atoms with Crippen LogP contribution in [-0.4, -0.2) is 43.0 Å². The molecule has 124 valence electrons. The number of nitrogens with zero attached hydrogens (tertiary/aromatic N) is 2. The van der Waals surface area contributed by atoms with Crippen molar-refractivity contribution in [3.63, 3.8) is 0 Å². The molecule has 0 aliphatic heterocycles. The topological polar surface area (TPSA) is 45.2 Å². The Morgan fingerprint density at radius 1 is 1.17 bits per heavy atom. The van der Waals surface area contributed by atoms with E-state index in [-0.39, 0.29) is 5.91 Å². The van der Waals surface area contributed by atoms with Gasteiger partial charge in [0.1, 0.15) is 0 Å². The number of fused-ring (bicyclic) bond motifs is 1. The molecule has 4 heteroatoms. The highest BCUT2D eigenvalue weighted by atomic mass is 16.1. The normalized spacial score (nSPS) is 13.3. The zero-order chi connectivity index (χ0) is 16.9. The van der Waals surface area contributed by atoms with E-state index in [1.54, 1.807) is 6.20 Å². The van der Waals surface area contributed by atoms with Crippen LogP contribution in [0.2, 0.25) is 0 Å². The van der Waals surface area contributed by atoms with E-state index in [0.717, 1.165) is 23.4 Å². The number of benzene rings is 1. The van der Waals surface area contributed by atoms with Gasteiger partial charge < -0.3 is 10.2 Å². The van der Waals surface area contributed by atoms with Crippen molar-refractivity contribution in [1.82, 2.24) is 15.2 Å². The number of carbonyl (C=O) groups is 1. The van der Waals surface area contributed by atoms with Crippen molar-refractivity contribution >= 4 is 11.5 Å². The van der Waals surface area contributed by atoms with Crippen molar-refractivity contribution < 1.29 is 4.79 Å². The molecular weight excluding hydrogens is 298 g/mol. The largest absolute Gasteiger partial charge is 0.351 e. The van der Waals surface area contributed by atoms with Crippen molar-refractivity contribution in [2.75, 3.05) is 27.2 Å². The SMILES string of the molecule is CN(C)CCNC(=O)C1=C(Cc2ccccn2)c2ccccc2C1. The Hall–Kier alpha value is -2.46. The molecule has 0 saturated heterocycles. The van der Waals surface area contributed by atoms with Gasteiger partial charge in [-0.15, -0.1) is 0 Å². The Labute approximate surface area is 143 Å². The molecule has 0 unspecified atom stereocenters. The molecule has 0 radical (unpaired) electrons. The van der Waals surface area contributed by atoms with Crippen LogP contribution in [0.1, 0.15) is 16.8 Å². The summed E-state index contributed by atoms with van der Waals surface area (Å²) < 4.78 is 0. The molecule has 1 amide bonds.